The summed E-state index contributed by atoms with van der Waals surface area (Å²) in [4.78, 5) is 21.1. The number of nitrogens with one attached hydrogen (secondary N) is 2. The van der Waals surface area contributed by atoms with Crippen LogP contribution in [0.3, 0.4) is 0 Å². The van der Waals surface area contributed by atoms with Gasteiger partial charge >= 0.3 is 6.18 Å². The van der Waals surface area contributed by atoms with Crippen LogP contribution in [-0.2, 0) is 15.7 Å². The molecule has 0 aromatic heterocycles. The van der Waals surface area contributed by atoms with Crippen molar-refractivity contribution in [2.45, 2.75) is 12.6 Å². The zero-order chi connectivity index (χ0) is 17.5. The van der Waals surface area contributed by atoms with Crippen molar-refractivity contribution in [3.05, 3.63) is 33.9 Å². The van der Waals surface area contributed by atoms with Crippen LogP contribution < -0.4 is 10.6 Å². The maximum atomic E-state index is 12.9. The second kappa shape index (κ2) is 8.32. The van der Waals surface area contributed by atoms with Crippen LogP contribution in [0.5, 0.6) is 0 Å². The van der Waals surface area contributed by atoms with E-state index in [9.17, 15) is 28.1 Å². The molecule has 0 spiro atoms. The zero-order valence-corrected chi connectivity index (χ0v) is 12.3. The Hall–Kier alpha value is -2.36. The van der Waals surface area contributed by atoms with E-state index in [0.29, 0.717) is 19.2 Å². The molecule has 0 aliphatic heterocycles. The number of amides is 1. The highest BCUT2D eigenvalue weighted by atomic mass is 19.4. The molecule has 0 saturated heterocycles. The first kappa shape index (κ1) is 18.7. The van der Waals surface area contributed by atoms with Crippen molar-refractivity contribution in [3.8, 4) is 0 Å². The number of methoxy groups -OCH3 is 1. The molecule has 1 aromatic carbocycles. The lowest BCUT2D eigenvalue weighted by molar-refractivity contribution is -0.385. The van der Waals surface area contributed by atoms with Crippen molar-refractivity contribution in [1.82, 2.24) is 5.32 Å². The van der Waals surface area contributed by atoms with Gasteiger partial charge in [0, 0.05) is 44.4 Å². The van der Waals surface area contributed by atoms with Crippen molar-refractivity contribution >= 4 is 17.3 Å². The Bertz CT molecular complexity index is 564. The lowest BCUT2D eigenvalue weighted by atomic mass is 10.1. The van der Waals surface area contributed by atoms with Crippen LogP contribution in [0.2, 0.25) is 0 Å². The highest BCUT2D eigenvalue weighted by molar-refractivity contribution is 5.76. The number of benzene rings is 1. The molecule has 7 nitrogen and oxygen atoms in total. The number of ether oxygens (including phenoxy) is 1. The van der Waals surface area contributed by atoms with Gasteiger partial charge in [0.2, 0.25) is 5.91 Å². The van der Waals surface area contributed by atoms with Crippen LogP contribution in [-0.4, -0.2) is 37.6 Å². The van der Waals surface area contributed by atoms with Gasteiger partial charge in [-0.3, -0.25) is 14.9 Å². The minimum atomic E-state index is -4.74. The molecular weight excluding hydrogens is 319 g/mol. The molecule has 10 heteroatoms. The monoisotopic (exact) mass is 335 g/mol. The van der Waals surface area contributed by atoms with Gasteiger partial charge in [0.25, 0.3) is 5.69 Å². The number of anilines is 1. The van der Waals surface area contributed by atoms with Gasteiger partial charge in [0.1, 0.15) is 0 Å². The lowest BCUT2D eigenvalue weighted by Gasteiger charge is -2.14. The van der Waals surface area contributed by atoms with Crippen LogP contribution in [0.15, 0.2) is 18.2 Å². The average molecular weight is 335 g/mol. The van der Waals surface area contributed by atoms with Gasteiger partial charge in [0.15, 0.2) is 0 Å². The summed E-state index contributed by atoms with van der Waals surface area (Å²) < 4.78 is 43.5. The second-order valence-electron chi connectivity index (χ2n) is 4.50. The molecule has 0 atom stereocenters. The van der Waals surface area contributed by atoms with Gasteiger partial charge in [-0.05, 0) is 6.07 Å². The number of carbonyl (C=O) groups excluding carboxylic acids is 1. The third-order valence-corrected chi connectivity index (χ3v) is 2.82. The van der Waals surface area contributed by atoms with Crippen LogP contribution >= 0.6 is 0 Å². The molecule has 1 rings (SSSR count). The first-order valence-electron chi connectivity index (χ1n) is 6.61. The summed E-state index contributed by atoms with van der Waals surface area (Å²) in [5.41, 5.74) is -2.11. The summed E-state index contributed by atoms with van der Waals surface area (Å²) in [5.74, 6) is -0.343. The fraction of sp³-hybridized carbons (Fsp3) is 0.462. The summed E-state index contributed by atoms with van der Waals surface area (Å²) in [5, 5.41) is 15.6. The normalized spacial score (nSPS) is 11.1. The fourth-order valence-electron chi connectivity index (χ4n) is 1.73. The summed E-state index contributed by atoms with van der Waals surface area (Å²) >= 11 is 0. The molecule has 0 heterocycles. The zero-order valence-electron chi connectivity index (χ0n) is 12.3. The maximum absolute atomic E-state index is 12.9. The van der Waals surface area contributed by atoms with Gasteiger partial charge in [0.05, 0.1) is 17.1 Å². The Kier molecular flexibility index (Phi) is 6.76. The van der Waals surface area contributed by atoms with Crippen LogP contribution in [0.4, 0.5) is 24.5 Å². The maximum Gasteiger partial charge on any atom is 0.418 e. The number of carbonyl (C=O) groups is 1. The van der Waals surface area contributed by atoms with E-state index in [1.54, 1.807) is 0 Å². The number of nitro benzene ring substituents is 1. The molecule has 1 aromatic rings. The van der Waals surface area contributed by atoms with E-state index in [0.717, 1.165) is 12.1 Å². The highest BCUT2D eigenvalue weighted by Gasteiger charge is 2.35. The number of alkyl halides is 3. The number of nitrogens with zero attached hydrogens (tertiary/aromatic N) is 1. The Morgan fingerprint density at radius 2 is 2.04 bits per heavy atom. The molecule has 0 aliphatic rings. The molecule has 0 aliphatic carbocycles. The van der Waals surface area contributed by atoms with Gasteiger partial charge < -0.3 is 15.4 Å². The number of hydrogen-bond donors (Lipinski definition) is 2. The van der Waals surface area contributed by atoms with E-state index in [1.807, 2.05) is 0 Å². The van der Waals surface area contributed by atoms with E-state index < -0.39 is 22.4 Å². The minimum absolute atomic E-state index is 0.0420. The topological polar surface area (TPSA) is 93.5 Å². The number of halogens is 3. The Morgan fingerprint density at radius 3 is 2.61 bits per heavy atom. The van der Waals surface area contributed by atoms with Crippen LogP contribution in [0.1, 0.15) is 12.0 Å². The number of nitro groups is 1. The van der Waals surface area contributed by atoms with E-state index in [-0.39, 0.29) is 24.6 Å². The predicted octanol–water partition coefficient (Wildman–Crippen LogP) is 2.18. The predicted molar refractivity (Wildman–Crippen MR) is 76.1 cm³/mol. The Balaban J connectivity index is 2.69. The van der Waals surface area contributed by atoms with Crippen LogP contribution in [0, 0.1) is 10.1 Å². The largest absolute Gasteiger partial charge is 0.418 e. The molecular formula is C13H16F3N3O4. The average Bonchev–Trinajstić information content (AvgIpc) is 2.46. The smallest absolute Gasteiger partial charge is 0.384 e. The highest BCUT2D eigenvalue weighted by Crippen LogP contribution is 2.36. The fourth-order valence-corrected chi connectivity index (χ4v) is 1.73. The molecule has 0 bridgehead atoms. The van der Waals surface area contributed by atoms with E-state index in [2.05, 4.69) is 10.6 Å². The van der Waals surface area contributed by atoms with Gasteiger partial charge in [-0.1, -0.05) is 0 Å². The minimum Gasteiger partial charge on any atom is -0.384 e. The molecule has 0 fully saturated rings. The summed E-state index contributed by atoms with van der Waals surface area (Å²) in [6, 6.07) is 2.40. The lowest BCUT2D eigenvalue weighted by Crippen LogP contribution is -2.28. The Labute approximate surface area is 130 Å². The summed E-state index contributed by atoms with van der Waals surface area (Å²) in [7, 11) is 1.47. The third-order valence-electron chi connectivity index (χ3n) is 2.82. The molecule has 2 N–H and O–H groups in total. The SMILES string of the molecule is COCCNC(=O)CCNc1ccc([N+](=O)[O-])cc1C(F)(F)F. The van der Waals surface area contributed by atoms with Gasteiger partial charge in [-0.2, -0.15) is 13.2 Å². The van der Waals surface area contributed by atoms with E-state index in [1.165, 1.54) is 7.11 Å². The van der Waals surface area contributed by atoms with Crippen molar-refractivity contribution in [2.24, 2.45) is 0 Å². The molecule has 23 heavy (non-hydrogen) atoms. The molecule has 0 saturated carbocycles. The summed E-state index contributed by atoms with van der Waals surface area (Å²) in [6.45, 7) is 0.597. The molecule has 0 radical (unpaired) electrons. The van der Waals surface area contributed by atoms with Crippen molar-refractivity contribution in [2.75, 3.05) is 32.1 Å². The molecule has 128 valence electrons. The van der Waals surface area contributed by atoms with Crippen molar-refractivity contribution < 1.29 is 27.6 Å². The number of hydrogen-bond acceptors (Lipinski definition) is 5. The summed E-state index contributed by atoms with van der Waals surface area (Å²) in [6.07, 6.45) is -4.78. The first-order chi connectivity index (χ1) is 10.8. The van der Waals surface area contributed by atoms with Crippen LogP contribution in [0.25, 0.3) is 0 Å². The third kappa shape index (κ3) is 6.10. The quantitative estimate of drug-likeness (QED) is 0.431. The first-order valence-corrected chi connectivity index (χ1v) is 6.61. The van der Waals surface area contributed by atoms with E-state index >= 15 is 0 Å². The molecule has 1 amide bonds. The van der Waals surface area contributed by atoms with Gasteiger partial charge in [-0.25, -0.2) is 0 Å². The Morgan fingerprint density at radius 1 is 1.35 bits per heavy atom. The van der Waals surface area contributed by atoms with Crippen molar-refractivity contribution in [3.63, 3.8) is 0 Å². The van der Waals surface area contributed by atoms with E-state index in [4.69, 9.17) is 4.74 Å². The van der Waals surface area contributed by atoms with Crippen molar-refractivity contribution in [1.29, 1.82) is 0 Å². The number of non-ortho nitro benzene ring substituents is 1. The number of rotatable bonds is 8. The molecule has 0 unspecified atom stereocenters. The standard InChI is InChI=1S/C13H16F3N3O4/c1-23-7-6-18-12(20)4-5-17-11-3-2-9(19(21)22)8-10(11)13(14,15)16/h2-3,8,17H,4-7H2,1H3,(H,18,20). The second-order valence-corrected chi connectivity index (χ2v) is 4.50. The van der Waals surface area contributed by atoms with Gasteiger partial charge in [-0.15, -0.1) is 0 Å².